The first-order valence-corrected chi connectivity index (χ1v) is 31.4. The number of allylic oxidation sites excluding steroid dienone is 7. The number of carbonyl (C=O) groups is 2. The summed E-state index contributed by atoms with van der Waals surface area (Å²) in [7, 11) is 0. The number of amides is 1. The summed E-state index contributed by atoms with van der Waals surface area (Å²) >= 11 is 0. The average molecular weight is 997 g/mol. The first-order chi connectivity index (χ1) is 35.0. The molecule has 0 bridgehead atoms. The molecule has 0 aliphatic heterocycles. The molecule has 3 N–H and O–H groups in total. The number of aliphatic hydroxyl groups excluding tert-OH is 2. The van der Waals surface area contributed by atoms with Gasteiger partial charge in [-0.2, -0.15) is 0 Å². The van der Waals surface area contributed by atoms with Gasteiger partial charge in [0, 0.05) is 12.8 Å². The highest BCUT2D eigenvalue weighted by Crippen LogP contribution is 2.17. The molecule has 6 heteroatoms. The first kappa shape index (κ1) is 68.8. The molecule has 0 aliphatic carbocycles. The quantitative estimate of drug-likeness (QED) is 0.0321. The highest BCUT2D eigenvalue weighted by atomic mass is 16.5. The van der Waals surface area contributed by atoms with E-state index < -0.39 is 12.1 Å². The molecule has 2 unspecified atom stereocenters. The van der Waals surface area contributed by atoms with E-state index in [1.807, 2.05) is 6.08 Å². The Morgan fingerprint density at radius 1 is 0.394 bits per heavy atom. The van der Waals surface area contributed by atoms with E-state index in [9.17, 15) is 19.8 Å². The molecule has 0 saturated carbocycles. The van der Waals surface area contributed by atoms with Crippen LogP contribution in [-0.2, 0) is 14.3 Å². The lowest BCUT2D eigenvalue weighted by molar-refractivity contribution is -0.143. The molecule has 0 spiro atoms. The zero-order chi connectivity index (χ0) is 51.4. The molecule has 0 aromatic heterocycles. The Morgan fingerprint density at radius 2 is 0.718 bits per heavy atom. The van der Waals surface area contributed by atoms with Crippen LogP contribution in [0.3, 0.4) is 0 Å². The largest absolute Gasteiger partial charge is 0.466 e. The summed E-state index contributed by atoms with van der Waals surface area (Å²) in [5, 5.41) is 23.2. The fraction of sp³-hybridized carbons (Fsp3) is 0.846. The number of hydrogen-bond acceptors (Lipinski definition) is 5. The van der Waals surface area contributed by atoms with Crippen molar-refractivity contribution in [2.24, 2.45) is 0 Å². The second kappa shape index (κ2) is 60.4. The molecule has 6 nitrogen and oxygen atoms in total. The number of esters is 1. The molecule has 416 valence electrons. The van der Waals surface area contributed by atoms with Gasteiger partial charge < -0.3 is 20.3 Å². The second-order valence-electron chi connectivity index (χ2n) is 21.4. The number of unbranched alkanes of at least 4 members (excludes halogenated alkanes) is 41. The van der Waals surface area contributed by atoms with Gasteiger partial charge in [0.25, 0.3) is 0 Å². The Balaban J connectivity index is 3.48. The van der Waals surface area contributed by atoms with Gasteiger partial charge in [0.2, 0.25) is 5.91 Å². The van der Waals surface area contributed by atoms with Crippen LogP contribution in [0.2, 0.25) is 0 Å². The van der Waals surface area contributed by atoms with E-state index in [1.165, 1.54) is 244 Å². The van der Waals surface area contributed by atoms with E-state index in [2.05, 4.69) is 55.6 Å². The maximum Gasteiger partial charge on any atom is 0.305 e. The molecule has 0 aliphatic rings. The number of rotatable bonds is 58. The fourth-order valence-electron chi connectivity index (χ4n) is 9.47. The summed E-state index contributed by atoms with van der Waals surface area (Å²) < 4.78 is 5.47. The Labute approximate surface area is 442 Å². The number of ether oxygens (including phenoxy) is 1. The van der Waals surface area contributed by atoms with E-state index in [1.54, 1.807) is 6.08 Å². The Hall–Kier alpha value is -2.18. The minimum absolute atomic E-state index is 0.00925. The number of nitrogens with one attached hydrogen (secondary N) is 1. The lowest BCUT2D eigenvalue weighted by Crippen LogP contribution is -2.45. The molecule has 0 aromatic rings. The predicted molar refractivity (Wildman–Crippen MR) is 310 cm³/mol. The van der Waals surface area contributed by atoms with E-state index >= 15 is 0 Å². The van der Waals surface area contributed by atoms with Gasteiger partial charge in [-0.25, -0.2) is 0 Å². The molecule has 2 atom stereocenters. The van der Waals surface area contributed by atoms with Crippen LogP contribution in [0.1, 0.15) is 328 Å². The van der Waals surface area contributed by atoms with E-state index in [0.717, 1.165) is 57.8 Å². The zero-order valence-electron chi connectivity index (χ0n) is 47.5. The molecule has 71 heavy (non-hydrogen) atoms. The molecular weight excluding hydrogens is 875 g/mol. The van der Waals surface area contributed by atoms with E-state index in [4.69, 9.17) is 4.74 Å². The number of aliphatic hydroxyl groups is 2. The van der Waals surface area contributed by atoms with Crippen LogP contribution in [0, 0.1) is 0 Å². The van der Waals surface area contributed by atoms with Gasteiger partial charge >= 0.3 is 5.97 Å². The fourth-order valence-corrected chi connectivity index (χ4v) is 9.47. The van der Waals surface area contributed by atoms with Crippen LogP contribution in [0.15, 0.2) is 48.6 Å². The summed E-state index contributed by atoms with van der Waals surface area (Å²) in [6, 6.07) is -0.636. The molecule has 0 heterocycles. The van der Waals surface area contributed by atoms with Crippen molar-refractivity contribution >= 4 is 11.9 Å². The van der Waals surface area contributed by atoms with Crippen molar-refractivity contribution < 1.29 is 24.5 Å². The van der Waals surface area contributed by atoms with Gasteiger partial charge in [-0.15, -0.1) is 0 Å². The lowest BCUT2D eigenvalue weighted by atomic mass is 10.0. The molecular formula is C65H121NO5. The van der Waals surface area contributed by atoms with Gasteiger partial charge in [-0.3, -0.25) is 9.59 Å². The molecule has 0 saturated heterocycles. The van der Waals surface area contributed by atoms with Crippen LogP contribution in [0.25, 0.3) is 0 Å². The second-order valence-corrected chi connectivity index (χ2v) is 21.4. The Morgan fingerprint density at radius 3 is 1.13 bits per heavy atom. The van der Waals surface area contributed by atoms with Crippen LogP contribution < -0.4 is 5.32 Å². The van der Waals surface area contributed by atoms with Gasteiger partial charge in [0.1, 0.15) is 0 Å². The van der Waals surface area contributed by atoms with Crippen molar-refractivity contribution in [1.82, 2.24) is 5.32 Å². The summed E-state index contributed by atoms with van der Waals surface area (Å²) in [5.74, 6) is -0.0844. The number of hydrogen-bond donors (Lipinski definition) is 3. The van der Waals surface area contributed by atoms with E-state index in [0.29, 0.717) is 19.4 Å². The predicted octanol–water partition coefficient (Wildman–Crippen LogP) is 19.7. The van der Waals surface area contributed by atoms with Gasteiger partial charge in [0.15, 0.2) is 0 Å². The maximum absolute atomic E-state index is 12.5. The van der Waals surface area contributed by atoms with Crippen LogP contribution in [-0.4, -0.2) is 47.4 Å². The van der Waals surface area contributed by atoms with Crippen molar-refractivity contribution in [2.75, 3.05) is 13.2 Å². The third-order valence-electron chi connectivity index (χ3n) is 14.3. The van der Waals surface area contributed by atoms with E-state index in [-0.39, 0.29) is 18.5 Å². The van der Waals surface area contributed by atoms with Crippen LogP contribution in [0.4, 0.5) is 0 Å². The van der Waals surface area contributed by atoms with Gasteiger partial charge in [-0.1, -0.05) is 281 Å². The number of carbonyl (C=O) groups excluding carboxylic acids is 2. The van der Waals surface area contributed by atoms with Crippen molar-refractivity contribution in [2.45, 2.75) is 341 Å². The monoisotopic (exact) mass is 996 g/mol. The topological polar surface area (TPSA) is 95.9 Å². The molecule has 1 amide bonds. The smallest absolute Gasteiger partial charge is 0.305 e. The molecule has 0 fully saturated rings. The van der Waals surface area contributed by atoms with Crippen LogP contribution >= 0.6 is 0 Å². The highest BCUT2D eigenvalue weighted by molar-refractivity contribution is 5.76. The van der Waals surface area contributed by atoms with Crippen molar-refractivity contribution in [3.05, 3.63) is 48.6 Å². The molecule has 0 rings (SSSR count). The molecule has 0 radical (unpaired) electrons. The highest BCUT2D eigenvalue weighted by Gasteiger charge is 2.18. The zero-order valence-corrected chi connectivity index (χ0v) is 47.5. The first-order valence-electron chi connectivity index (χ1n) is 31.4. The maximum atomic E-state index is 12.5. The molecule has 0 aromatic carbocycles. The minimum atomic E-state index is -0.852. The third-order valence-corrected chi connectivity index (χ3v) is 14.3. The van der Waals surface area contributed by atoms with Gasteiger partial charge in [0.05, 0.1) is 25.4 Å². The SMILES string of the molecule is CCCC/C=C\C/C=C\CCCCCCCC(=O)OCCCCCCCCCCC/C=C\CCCCCCCCCC(=O)NC(CO)C(O)/C=C/CCCCCCCCCCCCCCCCCCCC. The summed E-state index contributed by atoms with van der Waals surface area (Å²) in [6.45, 7) is 4.86. The van der Waals surface area contributed by atoms with Crippen molar-refractivity contribution in [1.29, 1.82) is 0 Å². The standard InChI is InChI=1S/C65H121NO5/c1-3-5-7-9-11-13-15-17-19-20-21-24-27-30-33-37-41-45-49-53-57-63(68)62(61-67)66-64(69)58-54-50-46-42-38-34-31-28-25-22-23-26-29-32-36-40-44-48-52-56-60-71-65(70)59-55-51-47-43-39-35-18-16-14-12-10-8-6-4-2/h10,12,16,18,22,25,53,57,62-63,67-68H,3-9,11,13-15,17,19-21,23-24,26-52,54-56,58-61H2,1-2H3,(H,66,69)/b12-10-,18-16-,25-22-,57-53+. The Kier molecular flexibility index (Phi) is 58.5. The van der Waals surface area contributed by atoms with Crippen molar-refractivity contribution in [3.63, 3.8) is 0 Å². The van der Waals surface area contributed by atoms with Crippen molar-refractivity contribution in [3.8, 4) is 0 Å². The summed E-state index contributed by atoms with van der Waals surface area (Å²) in [5.41, 5.74) is 0. The third kappa shape index (κ3) is 57.0. The Bertz CT molecular complexity index is 1190. The average Bonchev–Trinajstić information content (AvgIpc) is 3.37. The van der Waals surface area contributed by atoms with Crippen LogP contribution in [0.5, 0.6) is 0 Å². The lowest BCUT2D eigenvalue weighted by Gasteiger charge is -2.20. The summed E-state index contributed by atoms with van der Waals surface area (Å²) in [4.78, 5) is 24.5. The normalized spacial score (nSPS) is 12.9. The van der Waals surface area contributed by atoms with Gasteiger partial charge in [-0.05, 0) is 83.5 Å². The minimum Gasteiger partial charge on any atom is -0.466 e. The summed E-state index contributed by atoms with van der Waals surface area (Å²) in [6.07, 6.45) is 77.2.